The molecular formula is C14H19NO2S. The van der Waals surface area contributed by atoms with Crippen LogP contribution >= 0.6 is 0 Å². The number of benzene rings is 1. The molecule has 0 bridgehead atoms. The van der Waals surface area contributed by atoms with Crippen LogP contribution in [0.4, 0.5) is 0 Å². The van der Waals surface area contributed by atoms with Gasteiger partial charge >= 0.3 is 0 Å². The molecule has 0 spiro atoms. The van der Waals surface area contributed by atoms with E-state index >= 15 is 0 Å². The molecule has 18 heavy (non-hydrogen) atoms. The molecule has 1 heterocycles. The Morgan fingerprint density at radius 3 is 3.06 bits per heavy atom. The van der Waals surface area contributed by atoms with E-state index in [-0.39, 0.29) is 16.5 Å². The first-order valence-electron chi connectivity index (χ1n) is 6.50. The summed E-state index contributed by atoms with van der Waals surface area (Å²) in [5.41, 5.74) is 2.65. The Kier molecular flexibility index (Phi) is 3.16. The summed E-state index contributed by atoms with van der Waals surface area (Å²) in [6.07, 6.45) is 2.05. The number of ether oxygens (including phenoxy) is 1. The Morgan fingerprint density at radius 1 is 1.44 bits per heavy atom. The molecule has 3 rings (SSSR count). The van der Waals surface area contributed by atoms with Gasteiger partial charge in [-0.3, -0.25) is 4.21 Å². The van der Waals surface area contributed by atoms with Crippen LogP contribution in [0, 0.1) is 0 Å². The minimum Gasteiger partial charge on any atom is -0.497 e. The van der Waals surface area contributed by atoms with Crippen molar-refractivity contribution >= 4 is 10.8 Å². The van der Waals surface area contributed by atoms with Crippen LogP contribution in [-0.2, 0) is 17.2 Å². The van der Waals surface area contributed by atoms with Crippen molar-refractivity contribution in [1.82, 2.24) is 5.32 Å². The molecule has 1 aliphatic carbocycles. The van der Waals surface area contributed by atoms with Crippen LogP contribution in [0.1, 0.15) is 30.5 Å². The van der Waals surface area contributed by atoms with Gasteiger partial charge in [0.25, 0.3) is 0 Å². The lowest BCUT2D eigenvalue weighted by Gasteiger charge is -2.39. The molecule has 1 N–H and O–H groups in total. The van der Waals surface area contributed by atoms with Gasteiger partial charge in [-0.1, -0.05) is 6.07 Å². The maximum atomic E-state index is 12.4. The Balaban J connectivity index is 1.99. The fourth-order valence-corrected chi connectivity index (χ4v) is 4.77. The van der Waals surface area contributed by atoms with Crippen LogP contribution in [0.25, 0.3) is 0 Å². The van der Waals surface area contributed by atoms with Crippen LogP contribution in [0.15, 0.2) is 18.2 Å². The van der Waals surface area contributed by atoms with E-state index in [1.807, 2.05) is 6.07 Å². The molecule has 4 atom stereocenters. The van der Waals surface area contributed by atoms with Crippen molar-refractivity contribution in [3.05, 3.63) is 29.3 Å². The van der Waals surface area contributed by atoms with Crippen LogP contribution in [0.3, 0.4) is 0 Å². The molecule has 0 aromatic heterocycles. The van der Waals surface area contributed by atoms with Gasteiger partial charge < -0.3 is 10.1 Å². The number of hydrogen-bond donors (Lipinski definition) is 1. The van der Waals surface area contributed by atoms with Gasteiger partial charge in [0.05, 0.1) is 12.4 Å². The van der Waals surface area contributed by atoms with E-state index in [4.69, 9.17) is 4.74 Å². The fraction of sp³-hybridized carbons (Fsp3) is 0.571. The highest BCUT2D eigenvalue weighted by atomic mass is 32.2. The Labute approximate surface area is 110 Å². The zero-order valence-electron chi connectivity index (χ0n) is 10.8. The van der Waals surface area contributed by atoms with Crippen molar-refractivity contribution in [2.24, 2.45) is 0 Å². The number of rotatable bonds is 1. The molecule has 98 valence electrons. The molecule has 1 aromatic rings. The van der Waals surface area contributed by atoms with Gasteiger partial charge in [0.1, 0.15) is 5.75 Å². The van der Waals surface area contributed by atoms with Crippen LogP contribution in [0.5, 0.6) is 5.75 Å². The first-order valence-corrected chi connectivity index (χ1v) is 7.78. The van der Waals surface area contributed by atoms with Gasteiger partial charge in [-0.05, 0) is 43.0 Å². The largest absolute Gasteiger partial charge is 0.497 e. The number of aryl methyl sites for hydroxylation is 1. The summed E-state index contributed by atoms with van der Waals surface area (Å²) in [5.74, 6) is 0.889. The quantitative estimate of drug-likeness (QED) is 0.841. The smallest absolute Gasteiger partial charge is 0.119 e. The number of methoxy groups -OCH3 is 1. The van der Waals surface area contributed by atoms with Crippen molar-refractivity contribution in [2.75, 3.05) is 13.7 Å². The van der Waals surface area contributed by atoms with Crippen molar-refractivity contribution in [1.29, 1.82) is 0 Å². The van der Waals surface area contributed by atoms with E-state index in [0.29, 0.717) is 0 Å². The van der Waals surface area contributed by atoms with Crippen molar-refractivity contribution in [3.8, 4) is 5.75 Å². The topological polar surface area (TPSA) is 38.3 Å². The predicted octanol–water partition coefficient (Wildman–Crippen LogP) is 1.79. The Bertz CT molecular complexity index is 489. The number of nitrogens with one attached hydrogen (secondary N) is 1. The summed E-state index contributed by atoms with van der Waals surface area (Å²) < 4.78 is 17.7. The van der Waals surface area contributed by atoms with E-state index in [0.717, 1.165) is 25.1 Å². The second-order valence-corrected chi connectivity index (χ2v) is 7.23. The molecule has 3 nitrogen and oxygen atoms in total. The van der Waals surface area contributed by atoms with Crippen molar-refractivity contribution < 1.29 is 8.95 Å². The monoisotopic (exact) mass is 265 g/mol. The van der Waals surface area contributed by atoms with E-state index in [2.05, 4.69) is 24.4 Å². The summed E-state index contributed by atoms with van der Waals surface area (Å²) in [6.45, 7) is 2.91. The normalized spacial score (nSPS) is 34.6. The SMILES string of the molecule is COc1ccc2c(c1)C1NCC(C)S(=O)C1CC2. The third kappa shape index (κ3) is 1.88. The van der Waals surface area contributed by atoms with Crippen molar-refractivity contribution in [3.63, 3.8) is 0 Å². The fourth-order valence-electron chi connectivity index (χ4n) is 3.05. The van der Waals surface area contributed by atoms with Gasteiger partial charge in [-0.15, -0.1) is 0 Å². The predicted molar refractivity (Wildman–Crippen MR) is 73.5 cm³/mol. The summed E-state index contributed by atoms with van der Waals surface area (Å²) in [6, 6.07) is 6.50. The van der Waals surface area contributed by atoms with Gasteiger partial charge in [0.15, 0.2) is 0 Å². The average molecular weight is 265 g/mol. The molecule has 1 aromatic carbocycles. The lowest BCUT2D eigenvalue weighted by molar-refractivity contribution is 0.406. The Hall–Kier alpha value is -0.870. The van der Waals surface area contributed by atoms with Gasteiger partial charge in [-0.2, -0.15) is 0 Å². The molecule has 2 aliphatic rings. The van der Waals surface area contributed by atoms with Crippen LogP contribution in [0.2, 0.25) is 0 Å². The third-order valence-corrected chi connectivity index (χ3v) is 6.14. The van der Waals surface area contributed by atoms with Crippen LogP contribution in [-0.4, -0.2) is 28.4 Å². The molecule has 4 heteroatoms. The van der Waals surface area contributed by atoms with Crippen molar-refractivity contribution in [2.45, 2.75) is 36.3 Å². The van der Waals surface area contributed by atoms with E-state index in [9.17, 15) is 4.21 Å². The second kappa shape index (κ2) is 4.67. The third-order valence-electron chi connectivity index (χ3n) is 4.08. The molecule has 1 fully saturated rings. The molecule has 4 unspecified atom stereocenters. The summed E-state index contributed by atoms with van der Waals surface area (Å²) in [5, 5.41) is 4.08. The summed E-state index contributed by atoms with van der Waals surface area (Å²) in [4.78, 5) is 0. The maximum Gasteiger partial charge on any atom is 0.119 e. The molecule has 1 saturated heterocycles. The first kappa shape index (κ1) is 12.2. The highest BCUT2D eigenvalue weighted by Gasteiger charge is 2.38. The molecule has 0 saturated carbocycles. The summed E-state index contributed by atoms with van der Waals surface area (Å²) in [7, 11) is 0.970. The van der Waals surface area contributed by atoms with Gasteiger partial charge in [0.2, 0.25) is 0 Å². The lowest BCUT2D eigenvalue weighted by atomic mass is 9.87. The maximum absolute atomic E-state index is 12.4. The van der Waals surface area contributed by atoms with Crippen LogP contribution < -0.4 is 10.1 Å². The van der Waals surface area contributed by atoms with E-state index in [1.165, 1.54) is 11.1 Å². The van der Waals surface area contributed by atoms with E-state index in [1.54, 1.807) is 7.11 Å². The van der Waals surface area contributed by atoms with E-state index < -0.39 is 10.8 Å². The standard InChI is InChI=1S/C14H19NO2S/c1-9-8-15-14-12-7-11(17-2)5-3-10(12)4-6-13(14)18(9)16/h3,5,7,9,13-15H,4,6,8H2,1-2H3. The Morgan fingerprint density at radius 2 is 2.28 bits per heavy atom. The average Bonchev–Trinajstić information content (AvgIpc) is 2.41. The highest BCUT2D eigenvalue weighted by molar-refractivity contribution is 7.86. The number of fused-ring (bicyclic) bond motifs is 3. The summed E-state index contributed by atoms with van der Waals surface area (Å²) >= 11 is 0. The second-order valence-electron chi connectivity index (χ2n) is 5.17. The molecule has 1 aliphatic heterocycles. The first-order chi connectivity index (χ1) is 8.70. The molecule has 0 amide bonds. The minimum atomic E-state index is -0.721. The molecular weight excluding hydrogens is 246 g/mol. The zero-order valence-corrected chi connectivity index (χ0v) is 11.6. The highest BCUT2D eigenvalue weighted by Crippen LogP contribution is 2.37. The minimum absolute atomic E-state index is 0.237. The zero-order chi connectivity index (χ0) is 12.7. The van der Waals surface area contributed by atoms with Gasteiger partial charge in [0, 0.05) is 28.6 Å². The molecule has 0 radical (unpaired) electrons. The van der Waals surface area contributed by atoms with Gasteiger partial charge in [-0.25, -0.2) is 0 Å². The number of hydrogen-bond acceptors (Lipinski definition) is 3. The lowest BCUT2D eigenvalue weighted by Crippen LogP contribution is -2.49.